The molecule has 6 heteroatoms. The Morgan fingerprint density at radius 2 is 2.20 bits per heavy atom. The minimum atomic E-state index is -3.41. The minimum absolute atomic E-state index is 0.290. The van der Waals surface area contributed by atoms with E-state index >= 15 is 0 Å². The Labute approximate surface area is 89.1 Å². The van der Waals surface area contributed by atoms with Crippen LogP contribution in [0.4, 0.5) is 0 Å². The number of hydrogen-bond acceptors (Lipinski definition) is 3. The lowest BCUT2D eigenvalue weighted by atomic mass is 10.0. The van der Waals surface area contributed by atoms with Crippen molar-refractivity contribution in [2.24, 2.45) is 7.05 Å². The first-order valence-electron chi connectivity index (χ1n) is 4.65. The highest BCUT2D eigenvalue weighted by Crippen LogP contribution is 2.19. The van der Waals surface area contributed by atoms with Crippen LogP contribution in [0.1, 0.15) is 6.92 Å². The Kier molecular flexibility index (Phi) is 2.37. The zero-order valence-electron chi connectivity index (χ0n) is 8.73. The maximum atomic E-state index is 11.9. The Hall–Kier alpha value is -0.850. The molecule has 2 heterocycles. The number of aromatic nitrogens is 1. The molecule has 1 saturated heterocycles. The number of nitrogens with zero attached hydrogens (tertiary/aromatic N) is 1. The van der Waals surface area contributed by atoms with Crippen molar-refractivity contribution in [1.29, 1.82) is 0 Å². The maximum Gasteiger partial charge on any atom is 0.242 e. The van der Waals surface area contributed by atoms with Crippen LogP contribution in [0.3, 0.4) is 0 Å². The fraction of sp³-hybridized carbons (Fsp3) is 0.556. The summed E-state index contributed by atoms with van der Waals surface area (Å²) in [5, 5.41) is 0. The van der Waals surface area contributed by atoms with Gasteiger partial charge in [0.25, 0.3) is 0 Å². The largest absolute Gasteiger partial charge is 0.377 e. The molecule has 0 bridgehead atoms. The van der Waals surface area contributed by atoms with E-state index in [9.17, 15) is 8.42 Å². The summed E-state index contributed by atoms with van der Waals surface area (Å²) in [5.41, 5.74) is -0.450. The van der Waals surface area contributed by atoms with E-state index in [1.165, 1.54) is 0 Å². The van der Waals surface area contributed by atoms with Gasteiger partial charge in [0.2, 0.25) is 10.0 Å². The molecule has 1 aliphatic heterocycles. The summed E-state index contributed by atoms with van der Waals surface area (Å²) in [5.74, 6) is 0. The number of sulfonamides is 1. The molecule has 0 aliphatic carbocycles. The third kappa shape index (κ3) is 2.06. The van der Waals surface area contributed by atoms with Crippen molar-refractivity contribution in [3.63, 3.8) is 0 Å². The van der Waals surface area contributed by atoms with Gasteiger partial charge >= 0.3 is 0 Å². The summed E-state index contributed by atoms with van der Waals surface area (Å²) in [6, 6.07) is 1.57. The van der Waals surface area contributed by atoms with Gasteiger partial charge in [0.1, 0.15) is 0 Å². The van der Waals surface area contributed by atoms with E-state index in [0.717, 1.165) is 0 Å². The molecular formula is C9H14N2O3S. The highest BCUT2D eigenvalue weighted by atomic mass is 32.2. The van der Waals surface area contributed by atoms with Crippen molar-refractivity contribution in [2.75, 3.05) is 13.2 Å². The van der Waals surface area contributed by atoms with Crippen LogP contribution in [-0.2, 0) is 21.8 Å². The Bertz CT molecular complexity index is 459. The molecule has 1 fully saturated rings. The third-order valence-electron chi connectivity index (χ3n) is 2.34. The van der Waals surface area contributed by atoms with Crippen LogP contribution in [0.15, 0.2) is 23.4 Å². The maximum absolute atomic E-state index is 11.9. The molecule has 0 spiro atoms. The second-order valence-electron chi connectivity index (χ2n) is 4.17. The number of hydrogen-bond donors (Lipinski definition) is 1. The van der Waals surface area contributed by atoms with E-state index < -0.39 is 15.6 Å². The second kappa shape index (κ2) is 3.33. The molecule has 0 unspecified atom stereocenters. The number of nitrogens with one attached hydrogen (secondary N) is 1. The summed E-state index contributed by atoms with van der Waals surface area (Å²) in [6.45, 7) is 2.69. The van der Waals surface area contributed by atoms with Gasteiger partial charge in [-0.2, -0.15) is 0 Å². The average Bonchev–Trinajstić information content (AvgIpc) is 2.49. The van der Waals surface area contributed by atoms with Crippen LogP contribution in [0.25, 0.3) is 0 Å². The summed E-state index contributed by atoms with van der Waals surface area (Å²) < 4.78 is 33.1. The fourth-order valence-corrected chi connectivity index (χ4v) is 2.92. The van der Waals surface area contributed by atoms with Crippen LogP contribution in [0, 0.1) is 0 Å². The molecule has 0 radical (unpaired) electrons. The van der Waals surface area contributed by atoms with Crippen molar-refractivity contribution < 1.29 is 13.2 Å². The molecule has 1 N–H and O–H groups in total. The molecule has 2 rings (SSSR count). The standard InChI is InChI=1S/C9H14N2O3S/c1-9(6-14-7-9)10-15(12,13)8-3-4-11(2)5-8/h3-5,10H,6-7H2,1-2H3. The topological polar surface area (TPSA) is 60.3 Å². The molecule has 1 aliphatic rings. The Balaban J connectivity index is 2.20. The summed E-state index contributed by atoms with van der Waals surface area (Å²) in [7, 11) is -1.62. The molecule has 0 atom stereocenters. The Morgan fingerprint density at radius 1 is 1.53 bits per heavy atom. The molecule has 1 aromatic rings. The molecule has 5 nitrogen and oxygen atoms in total. The Morgan fingerprint density at radius 3 is 2.60 bits per heavy atom. The lowest BCUT2D eigenvalue weighted by Gasteiger charge is -2.38. The SMILES string of the molecule is Cn1ccc(S(=O)(=O)NC2(C)COC2)c1. The van der Waals surface area contributed by atoms with Crippen LogP contribution in [0.5, 0.6) is 0 Å². The van der Waals surface area contributed by atoms with Crippen LogP contribution < -0.4 is 4.72 Å². The smallest absolute Gasteiger partial charge is 0.242 e. The average molecular weight is 230 g/mol. The van der Waals surface area contributed by atoms with Crippen LogP contribution >= 0.6 is 0 Å². The van der Waals surface area contributed by atoms with Gasteiger partial charge in [0.05, 0.1) is 23.6 Å². The van der Waals surface area contributed by atoms with Gasteiger partial charge in [0.15, 0.2) is 0 Å². The number of rotatable bonds is 3. The predicted molar refractivity (Wildman–Crippen MR) is 55.0 cm³/mol. The van der Waals surface area contributed by atoms with Crippen molar-refractivity contribution >= 4 is 10.0 Å². The quantitative estimate of drug-likeness (QED) is 0.800. The zero-order valence-corrected chi connectivity index (χ0v) is 9.54. The van der Waals surface area contributed by atoms with Gasteiger partial charge in [-0.15, -0.1) is 0 Å². The zero-order chi connectivity index (χ0) is 11.1. The van der Waals surface area contributed by atoms with Gasteiger partial charge in [-0.1, -0.05) is 0 Å². The highest BCUT2D eigenvalue weighted by molar-refractivity contribution is 7.89. The summed E-state index contributed by atoms with van der Waals surface area (Å²) in [4.78, 5) is 0.290. The van der Waals surface area contributed by atoms with Gasteiger partial charge in [-0.25, -0.2) is 13.1 Å². The molecular weight excluding hydrogens is 216 g/mol. The first-order chi connectivity index (χ1) is 6.91. The summed E-state index contributed by atoms with van der Waals surface area (Å²) >= 11 is 0. The van der Waals surface area contributed by atoms with E-state index in [1.54, 1.807) is 30.1 Å². The first kappa shape index (κ1) is 10.7. The van der Waals surface area contributed by atoms with Crippen molar-refractivity contribution in [2.45, 2.75) is 17.4 Å². The molecule has 84 valence electrons. The van der Waals surface area contributed by atoms with E-state index in [4.69, 9.17) is 4.74 Å². The minimum Gasteiger partial charge on any atom is -0.377 e. The van der Waals surface area contributed by atoms with E-state index in [1.807, 2.05) is 6.92 Å². The van der Waals surface area contributed by atoms with Gasteiger partial charge in [-0.05, 0) is 13.0 Å². The number of ether oxygens (including phenoxy) is 1. The molecule has 0 saturated carbocycles. The van der Waals surface area contributed by atoms with Crippen molar-refractivity contribution in [1.82, 2.24) is 9.29 Å². The lowest BCUT2D eigenvalue weighted by Crippen LogP contribution is -2.59. The highest BCUT2D eigenvalue weighted by Gasteiger charge is 2.37. The lowest BCUT2D eigenvalue weighted by molar-refractivity contribution is -0.0523. The molecule has 15 heavy (non-hydrogen) atoms. The third-order valence-corrected chi connectivity index (χ3v) is 3.96. The molecule has 1 aromatic heterocycles. The van der Waals surface area contributed by atoms with Gasteiger partial charge in [-0.3, -0.25) is 0 Å². The van der Waals surface area contributed by atoms with Gasteiger partial charge < -0.3 is 9.30 Å². The van der Waals surface area contributed by atoms with Crippen molar-refractivity contribution in [3.8, 4) is 0 Å². The van der Waals surface area contributed by atoms with Crippen molar-refractivity contribution in [3.05, 3.63) is 18.5 Å². The molecule has 0 aromatic carbocycles. The second-order valence-corrected chi connectivity index (χ2v) is 5.85. The van der Waals surface area contributed by atoms with E-state index in [0.29, 0.717) is 13.2 Å². The predicted octanol–water partition coefficient (Wildman–Crippen LogP) is 0.0923. The van der Waals surface area contributed by atoms with E-state index in [-0.39, 0.29) is 4.90 Å². The molecule has 0 amide bonds. The van der Waals surface area contributed by atoms with Gasteiger partial charge in [0, 0.05) is 19.4 Å². The van der Waals surface area contributed by atoms with Crippen LogP contribution in [-0.4, -0.2) is 31.7 Å². The summed E-state index contributed by atoms with van der Waals surface area (Å²) in [6.07, 6.45) is 3.28. The fourth-order valence-electron chi connectivity index (χ4n) is 1.49. The first-order valence-corrected chi connectivity index (χ1v) is 6.13. The van der Waals surface area contributed by atoms with E-state index in [2.05, 4.69) is 4.72 Å². The normalized spacial score (nSPS) is 19.9. The van der Waals surface area contributed by atoms with Crippen LogP contribution in [0.2, 0.25) is 0 Å². The number of aryl methyl sites for hydroxylation is 1. The monoisotopic (exact) mass is 230 g/mol.